The second-order valence-corrected chi connectivity index (χ2v) is 28.2. The summed E-state index contributed by atoms with van der Waals surface area (Å²) in [5.41, 5.74) is 12.4. The summed E-state index contributed by atoms with van der Waals surface area (Å²) < 4.78 is 45.6. The largest absolute Gasteiger partial charge is 0.445 e. The number of anilines is 1. The minimum absolute atomic E-state index is 0.0221. The Morgan fingerprint density at radius 1 is 0.684 bits per heavy atom. The zero-order chi connectivity index (χ0) is 70.9. The molecule has 11 amide bonds. The maximum atomic E-state index is 14.9. The Morgan fingerprint density at radius 3 is 1.89 bits per heavy atom. The first-order chi connectivity index (χ1) is 44.9. The predicted octanol–water partition coefficient (Wildman–Crippen LogP) is 4.21. The molecule has 2 aliphatic rings. The molecule has 2 fully saturated rings. The number of hydrogen-bond acceptors (Lipinski definition) is 16. The van der Waals surface area contributed by atoms with Crippen LogP contribution >= 0.6 is 0 Å². The number of unbranched alkanes of at least 4 members (excludes halogenated alkanes) is 2. The average molecular weight is 1350 g/mol. The maximum absolute atomic E-state index is 14.9. The smallest absolute Gasteiger partial charge is 0.410 e. The van der Waals surface area contributed by atoms with Gasteiger partial charge in [-0.25, -0.2) is 18.0 Å². The molecule has 95 heavy (non-hydrogen) atoms. The normalized spacial score (nSPS) is 17.1. The third-order valence-corrected chi connectivity index (χ3v) is 19.6. The van der Waals surface area contributed by atoms with Gasteiger partial charge in [0.15, 0.2) is 0 Å². The highest BCUT2D eigenvalue weighted by Crippen LogP contribution is 2.31. The van der Waals surface area contributed by atoms with E-state index < -0.39 is 135 Å². The fourth-order valence-electron chi connectivity index (χ4n) is 11.9. The van der Waals surface area contributed by atoms with Crippen molar-refractivity contribution in [3.05, 3.63) is 65.7 Å². The highest BCUT2D eigenvalue weighted by Gasteiger charge is 2.45. The van der Waals surface area contributed by atoms with Gasteiger partial charge in [-0.1, -0.05) is 118 Å². The molecule has 1 heterocycles. The van der Waals surface area contributed by atoms with Crippen LogP contribution in [0.15, 0.2) is 54.6 Å². The molecule has 4 rings (SSSR count). The van der Waals surface area contributed by atoms with Gasteiger partial charge in [0, 0.05) is 59.9 Å². The van der Waals surface area contributed by atoms with E-state index in [2.05, 4.69) is 36.6 Å². The lowest BCUT2D eigenvalue weighted by molar-refractivity contribution is -0.148. The number of sulfonamides is 1. The zero-order valence-electron chi connectivity index (χ0n) is 57.9. The summed E-state index contributed by atoms with van der Waals surface area (Å²) in [4.78, 5) is 141. The number of nitrogens with one attached hydrogen (secondary N) is 7. The zero-order valence-corrected chi connectivity index (χ0v) is 58.7. The number of nitrogens with zero attached hydrogens (tertiary/aromatic N) is 3. The lowest BCUT2D eigenvalue weighted by Gasteiger charge is -2.41. The number of hydrogen-bond donors (Lipinski definition) is 9. The molecule has 27 nitrogen and oxygen atoms in total. The van der Waals surface area contributed by atoms with E-state index in [1.54, 1.807) is 115 Å². The minimum Gasteiger partial charge on any atom is -0.445 e. The first-order valence-electron chi connectivity index (χ1n) is 33.4. The summed E-state index contributed by atoms with van der Waals surface area (Å²) in [5.74, 6) is -6.55. The minimum atomic E-state index is -3.92. The van der Waals surface area contributed by atoms with Crippen molar-refractivity contribution in [3.63, 3.8) is 0 Å². The number of ether oxygens (including phenoxy) is 3. The second-order valence-electron chi connectivity index (χ2n) is 26.2. The highest BCUT2D eigenvalue weighted by atomic mass is 32.2. The Balaban J connectivity index is 1.42. The van der Waals surface area contributed by atoms with Crippen molar-refractivity contribution in [2.75, 3.05) is 53.3 Å². The number of methoxy groups -OCH3 is 2. The Bertz CT molecular complexity index is 2970. The van der Waals surface area contributed by atoms with Crippen LogP contribution in [-0.4, -0.2) is 190 Å². The van der Waals surface area contributed by atoms with Gasteiger partial charge in [-0.2, -0.15) is 0 Å². The van der Waals surface area contributed by atoms with Crippen LogP contribution in [0.25, 0.3) is 0 Å². The molecule has 0 aromatic heterocycles. The number of primary amides is 1. The van der Waals surface area contributed by atoms with E-state index in [1.807, 2.05) is 13.8 Å². The van der Waals surface area contributed by atoms with Crippen LogP contribution in [0.3, 0.4) is 0 Å². The fourth-order valence-corrected chi connectivity index (χ4v) is 13.3. The number of urea groups is 1. The topological polar surface area (TPSA) is 378 Å². The predicted molar refractivity (Wildman–Crippen MR) is 360 cm³/mol. The molecule has 11 atom stereocenters. The molecule has 1 aliphatic carbocycles. The van der Waals surface area contributed by atoms with E-state index in [0.717, 1.165) is 12.8 Å². The second kappa shape index (κ2) is 39.0. The Hall–Kier alpha value is -7.43. The van der Waals surface area contributed by atoms with Crippen molar-refractivity contribution in [3.8, 4) is 0 Å². The summed E-state index contributed by atoms with van der Waals surface area (Å²) in [6, 6.07) is 7.90. The molecule has 1 saturated carbocycles. The van der Waals surface area contributed by atoms with Gasteiger partial charge in [0.1, 0.15) is 36.8 Å². The van der Waals surface area contributed by atoms with Crippen LogP contribution in [0.2, 0.25) is 0 Å². The summed E-state index contributed by atoms with van der Waals surface area (Å²) in [7, 11) is 2.03. The van der Waals surface area contributed by atoms with Crippen molar-refractivity contribution >= 4 is 75.1 Å². The quantitative estimate of drug-likeness (QED) is 0.0422. The molecule has 1 aliphatic heterocycles. The number of amides is 11. The SMILES string of the molecule is CC[C@H](C)[C@@H]([C@@H](CC(=O)N1CCC[C@H]1[C@H](OC)[C@@H](C)C(=O)N[C@@H](Cc1ccccc1)C(=O)NS(=O)(=O)C1CC1)OC)N(C)C(=O)[C@@H](NC(=O)[C@H](C(C)C)N(C)C(=O)OCc1ccc(NC(=O)C(CCCNC(N)=O)NC(=O)[C@@H](NC(=O)CCCCCN)C(C)C)cc1)C(C)C. The van der Waals surface area contributed by atoms with Gasteiger partial charge < -0.3 is 67.4 Å². The Kier molecular flexibility index (Phi) is 32.8. The molecule has 11 N–H and O–H groups in total. The van der Waals surface area contributed by atoms with Gasteiger partial charge in [0.25, 0.3) is 5.91 Å². The van der Waals surface area contributed by atoms with Gasteiger partial charge >= 0.3 is 12.1 Å². The molecular formula is C67H108N12O15S. The van der Waals surface area contributed by atoms with Crippen molar-refractivity contribution in [2.45, 2.75) is 212 Å². The van der Waals surface area contributed by atoms with E-state index in [0.29, 0.717) is 68.4 Å². The van der Waals surface area contributed by atoms with Crippen LogP contribution < -0.4 is 48.1 Å². The van der Waals surface area contributed by atoms with E-state index in [1.165, 1.54) is 31.1 Å². The first-order valence-corrected chi connectivity index (χ1v) is 34.9. The third kappa shape index (κ3) is 24.6. The van der Waals surface area contributed by atoms with E-state index in [-0.39, 0.29) is 68.9 Å². The molecule has 28 heteroatoms. The van der Waals surface area contributed by atoms with Crippen LogP contribution in [-0.2, 0) is 75.6 Å². The number of likely N-dealkylation sites (tertiary alicyclic amines) is 1. The molecule has 0 radical (unpaired) electrons. The van der Waals surface area contributed by atoms with Gasteiger partial charge in [0.05, 0.1) is 41.9 Å². The number of carbonyl (C=O) groups is 10. The summed E-state index contributed by atoms with van der Waals surface area (Å²) in [5, 5.41) is 15.9. The lowest BCUT2D eigenvalue weighted by Crippen LogP contribution is -2.60. The van der Waals surface area contributed by atoms with Gasteiger partial charge in [-0.15, -0.1) is 0 Å². The van der Waals surface area contributed by atoms with E-state index in [4.69, 9.17) is 25.7 Å². The molecule has 1 unspecified atom stereocenters. The number of rotatable bonds is 40. The van der Waals surface area contributed by atoms with E-state index in [9.17, 15) is 56.4 Å². The third-order valence-electron chi connectivity index (χ3n) is 17.8. The van der Waals surface area contributed by atoms with Crippen LogP contribution in [0.1, 0.15) is 150 Å². The number of nitrogens with two attached hydrogens (primary N) is 2. The van der Waals surface area contributed by atoms with Crippen molar-refractivity contribution in [1.29, 1.82) is 0 Å². The summed E-state index contributed by atoms with van der Waals surface area (Å²) in [6.45, 7) is 16.9. The van der Waals surface area contributed by atoms with Crippen molar-refractivity contribution in [1.82, 2.24) is 46.0 Å². The highest BCUT2D eigenvalue weighted by molar-refractivity contribution is 7.90. The van der Waals surface area contributed by atoms with Crippen LogP contribution in [0, 0.1) is 29.6 Å². The molecular weight excluding hydrogens is 1240 g/mol. The van der Waals surface area contributed by atoms with Crippen molar-refractivity contribution in [2.24, 2.45) is 41.1 Å². The lowest BCUT2D eigenvalue weighted by atomic mass is 9.89. The Morgan fingerprint density at radius 2 is 1.33 bits per heavy atom. The fraction of sp³-hybridized carbons (Fsp3) is 0.672. The summed E-state index contributed by atoms with van der Waals surface area (Å²) >= 11 is 0. The standard InChI is InChI=1S/C67H108N12O15S/c1-14-43(8)58(52(92-12)38-54(81)79-36-22-26-51(79)59(93-13)44(9)60(82)73-50(37-45-23-17-15-18-24-45)62(84)76-95(90,91)48-32-33-48)77(10)65(87)56(41(4)5)75-64(86)57(42(6)7)78(11)67(89)94-39-46-28-30-47(31-29-46)71-61(83)49(25-21-35-70-66(69)88)72-63(85)55(40(2)3)74-53(80)27-19-16-20-34-68/h15,17-18,23-24,28-31,40-44,48-52,55-59H,14,16,19-22,25-27,32-39,68H2,1-13H3,(H,71,83)(H,72,85)(H,73,82)(H,74,80)(H,75,86)(H,76,84)(H3,69,70,88)/t43-,44+,49?,50-,51-,52+,55-,56-,57-,58-,59+/m0/s1. The van der Waals surface area contributed by atoms with Crippen LogP contribution in [0.5, 0.6) is 0 Å². The molecule has 532 valence electrons. The molecule has 0 bridgehead atoms. The molecule has 2 aromatic rings. The molecule has 1 saturated heterocycles. The first kappa shape index (κ1) is 80.0. The molecule has 2 aromatic carbocycles. The van der Waals surface area contributed by atoms with Crippen molar-refractivity contribution < 1.29 is 70.6 Å². The molecule has 0 spiro atoms. The number of likely N-dealkylation sites (N-methyl/N-ethyl adjacent to an activating group) is 2. The van der Waals surface area contributed by atoms with E-state index >= 15 is 0 Å². The summed E-state index contributed by atoms with van der Waals surface area (Å²) in [6.07, 6.45) is 2.69. The monoisotopic (exact) mass is 1350 g/mol. The average Bonchev–Trinajstić information content (AvgIpc) is 1.76. The van der Waals surface area contributed by atoms with Gasteiger partial charge in [-0.3, -0.25) is 48.0 Å². The van der Waals surface area contributed by atoms with Gasteiger partial charge in [0.2, 0.25) is 51.4 Å². The maximum Gasteiger partial charge on any atom is 0.410 e. The number of carbonyl (C=O) groups excluding carboxylic acids is 10. The Labute approximate surface area is 561 Å². The van der Waals surface area contributed by atoms with Crippen LogP contribution in [0.4, 0.5) is 15.3 Å². The number of benzene rings is 2. The van der Waals surface area contributed by atoms with Gasteiger partial charge in [-0.05, 0) is 105 Å².